The highest BCUT2D eigenvalue weighted by atomic mass is 32.2. The Kier molecular flexibility index (Phi) is 4.57. The molecule has 1 atom stereocenters. The zero-order chi connectivity index (χ0) is 12.1. The number of nitrogens with two attached hydrogens (primary N) is 1. The third-order valence-corrected chi connectivity index (χ3v) is 4.19. The normalized spacial score (nSPS) is 15.6. The van der Waals surface area contributed by atoms with Crippen molar-refractivity contribution >= 4 is 11.8 Å². The number of hydrogen-bond donors (Lipinski definition) is 1. The summed E-state index contributed by atoms with van der Waals surface area (Å²) in [7, 11) is 0. The Morgan fingerprint density at radius 3 is 2.76 bits per heavy atom. The number of benzene rings is 1. The molecule has 3 nitrogen and oxygen atoms in total. The van der Waals surface area contributed by atoms with Gasteiger partial charge in [-0.2, -0.15) is 0 Å². The highest BCUT2D eigenvalue weighted by Gasteiger charge is 2.13. The summed E-state index contributed by atoms with van der Waals surface area (Å²) in [5.41, 5.74) is 5.61. The molecule has 0 saturated carbocycles. The zero-order valence-corrected chi connectivity index (χ0v) is 11.0. The summed E-state index contributed by atoms with van der Waals surface area (Å²) in [6, 6.07) is 6.15. The lowest BCUT2D eigenvalue weighted by molar-refractivity contribution is 0.171. The van der Waals surface area contributed by atoms with Crippen LogP contribution in [0.15, 0.2) is 23.1 Å². The van der Waals surface area contributed by atoms with Crippen LogP contribution in [0.4, 0.5) is 0 Å². The molecule has 1 heterocycles. The average molecular weight is 253 g/mol. The van der Waals surface area contributed by atoms with Gasteiger partial charge in [0.05, 0.1) is 0 Å². The van der Waals surface area contributed by atoms with E-state index in [0.29, 0.717) is 18.5 Å². The summed E-state index contributed by atoms with van der Waals surface area (Å²) in [5.74, 6) is 1.72. The predicted octanol–water partition coefficient (Wildman–Crippen LogP) is 2.68. The molecule has 0 radical (unpaired) electrons. The zero-order valence-electron chi connectivity index (χ0n) is 10.1. The van der Waals surface area contributed by atoms with Gasteiger partial charge in [-0.1, -0.05) is 6.92 Å². The van der Waals surface area contributed by atoms with E-state index in [9.17, 15) is 0 Å². The van der Waals surface area contributed by atoms with E-state index in [1.54, 1.807) is 0 Å². The molecule has 1 aromatic carbocycles. The summed E-state index contributed by atoms with van der Waals surface area (Å²) < 4.78 is 11.1. The molecular weight excluding hydrogens is 234 g/mol. The highest BCUT2D eigenvalue weighted by molar-refractivity contribution is 8.00. The Morgan fingerprint density at radius 1 is 1.29 bits per heavy atom. The van der Waals surface area contributed by atoms with Gasteiger partial charge in [0.15, 0.2) is 11.5 Å². The van der Waals surface area contributed by atoms with Crippen molar-refractivity contribution in [2.24, 2.45) is 5.73 Å². The van der Waals surface area contributed by atoms with Crippen LogP contribution in [0, 0.1) is 0 Å². The standard InChI is InChI=1S/C13H19NO2S/c1-2-10(5-6-14)17-11-3-4-12-13(9-11)16-8-7-15-12/h3-4,9-10H,2,5-8,14H2,1H3. The molecule has 1 aromatic rings. The summed E-state index contributed by atoms with van der Waals surface area (Å²) in [6.45, 7) is 4.23. The molecule has 2 rings (SSSR count). The van der Waals surface area contributed by atoms with Crippen LogP contribution in [-0.4, -0.2) is 25.0 Å². The van der Waals surface area contributed by atoms with E-state index in [1.165, 1.54) is 4.90 Å². The third-order valence-electron chi connectivity index (χ3n) is 2.76. The fourth-order valence-electron chi connectivity index (χ4n) is 1.82. The van der Waals surface area contributed by atoms with Crippen LogP contribution >= 0.6 is 11.8 Å². The summed E-state index contributed by atoms with van der Waals surface area (Å²) in [5, 5.41) is 0.586. The Bertz CT molecular complexity index is 370. The third kappa shape index (κ3) is 3.30. The van der Waals surface area contributed by atoms with E-state index in [-0.39, 0.29) is 0 Å². The minimum Gasteiger partial charge on any atom is -0.486 e. The van der Waals surface area contributed by atoms with Gasteiger partial charge in [-0.25, -0.2) is 0 Å². The van der Waals surface area contributed by atoms with Gasteiger partial charge in [-0.3, -0.25) is 0 Å². The molecule has 0 amide bonds. The summed E-state index contributed by atoms with van der Waals surface area (Å²) in [4.78, 5) is 1.23. The van der Waals surface area contributed by atoms with Crippen LogP contribution in [0.3, 0.4) is 0 Å². The molecule has 2 N–H and O–H groups in total. The molecule has 1 aliphatic heterocycles. The number of hydrogen-bond acceptors (Lipinski definition) is 4. The van der Waals surface area contributed by atoms with Gasteiger partial charge in [-0.05, 0) is 37.6 Å². The first kappa shape index (κ1) is 12.6. The topological polar surface area (TPSA) is 44.5 Å². The van der Waals surface area contributed by atoms with Crippen LogP contribution in [0.1, 0.15) is 19.8 Å². The van der Waals surface area contributed by atoms with Crippen molar-refractivity contribution in [3.05, 3.63) is 18.2 Å². The van der Waals surface area contributed by atoms with Gasteiger partial charge in [0.2, 0.25) is 0 Å². The minimum absolute atomic E-state index is 0.586. The van der Waals surface area contributed by atoms with Crippen LogP contribution in [0.25, 0.3) is 0 Å². The Morgan fingerprint density at radius 2 is 2.06 bits per heavy atom. The molecular formula is C13H19NO2S. The van der Waals surface area contributed by atoms with E-state index in [4.69, 9.17) is 15.2 Å². The Hall–Kier alpha value is -0.870. The Labute approximate surface area is 107 Å². The van der Waals surface area contributed by atoms with Crippen molar-refractivity contribution in [1.82, 2.24) is 0 Å². The molecule has 1 aliphatic rings. The SMILES string of the molecule is CCC(CCN)Sc1ccc2c(c1)OCCO2. The first-order chi connectivity index (χ1) is 8.33. The van der Waals surface area contributed by atoms with Crippen molar-refractivity contribution in [3.63, 3.8) is 0 Å². The van der Waals surface area contributed by atoms with E-state index >= 15 is 0 Å². The molecule has 0 spiro atoms. The maximum atomic E-state index is 5.61. The monoisotopic (exact) mass is 253 g/mol. The van der Waals surface area contributed by atoms with Gasteiger partial charge < -0.3 is 15.2 Å². The summed E-state index contributed by atoms with van der Waals surface area (Å²) >= 11 is 1.87. The molecule has 0 aromatic heterocycles. The number of fused-ring (bicyclic) bond motifs is 1. The van der Waals surface area contributed by atoms with Gasteiger partial charge in [0, 0.05) is 10.1 Å². The fourth-order valence-corrected chi connectivity index (χ4v) is 2.95. The lowest BCUT2D eigenvalue weighted by atomic mass is 10.2. The molecule has 94 valence electrons. The van der Waals surface area contributed by atoms with Gasteiger partial charge >= 0.3 is 0 Å². The van der Waals surface area contributed by atoms with Crippen LogP contribution < -0.4 is 15.2 Å². The van der Waals surface area contributed by atoms with E-state index in [0.717, 1.165) is 30.9 Å². The molecule has 0 saturated heterocycles. The summed E-state index contributed by atoms with van der Waals surface area (Å²) in [6.07, 6.45) is 2.19. The van der Waals surface area contributed by atoms with Crippen molar-refractivity contribution in [2.75, 3.05) is 19.8 Å². The average Bonchev–Trinajstić information content (AvgIpc) is 2.38. The van der Waals surface area contributed by atoms with Crippen molar-refractivity contribution in [1.29, 1.82) is 0 Å². The largest absolute Gasteiger partial charge is 0.486 e. The van der Waals surface area contributed by atoms with E-state index in [2.05, 4.69) is 19.1 Å². The second-order valence-electron chi connectivity index (χ2n) is 4.03. The minimum atomic E-state index is 0.586. The quantitative estimate of drug-likeness (QED) is 0.819. The smallest absolute Gasteiger partial charge is 0.162 e. The van der Waals surface area contributed by atoms with E-state index in [1.807, 2.05) is 17.8 Å². The second-order valence-corrected chi connectivity index (χ2v) is 5.40. The molecule has 4 heteroatoms. The lowest BCUT2D eigenvalue weighted by Crippen LogP contribution is -2.15. The van der Waals surface area contributed by atoms with Gasteiger partial charge in [-0.15, -0.1) is 11.8 Å². The van der Waals surface area contributed by atoms with Crippen molar-refractivity contribution in [2.45, 2.75) is 29.9 Å². The predicted molar refractivity (Wildman–Crippen MR) is 71.0 cm³/mol. The Balaban J connectivity index is 2.05. The molecule has 0 aliphatic carbocycles. The molecule has 0 fully saturated rings. The first-order valence-corrected chi connectivity index (χ1v) is 6.97. The molecule has 0 bridgehead atoms. The van der Waals surface area contributed by atoms with Crippen molar-refractivity contribution in [3.8, 4) is 11.5 Å². The van der Waals surface area contributed by atoms with Crippen LogP contribution in [0.2, 0.25) is 0 Å². The van der Waals surface area contributed by atoms with Gasteiger partial charge in [0.25, 0.3) is 0 Å². The fraction of sp³-hybridized carbons (Fsp3) is 0.538. The maximum absolute atomic E-state index is 5.61. The van der Waals surface area contributed by atoms with Crippen LogP contribution in [0.5, 0.6) is 11.5 Å². The maximum Gasteiger partial charge on any atom is 0.162 e. The molecule has 1 unspecified atom stereocenters. The van der Waals surface area contributed by atoms with Crippen molar-refractivity contribution < 1.29 is 9.47 Å². The lowest BCUT2D eigenvalue weighted by Gasteiger charge is -2.20. The van der Waals surface area contributed by atoms with Crippen LogP contribution in [-0.2, 0) is 0 Å². The number of ether oxygens (including phenoxy) is 2. The molecule has 17 heavy (non-hydrogen) atoms. The first-order valence-electron chi connectivity index (χ1n) is 6.10. The van der Waals surface area contributed by atoms with Gasteiger partial charge in [0.1, 0.15) is 13.2 Å². The number of rotatable bonds is 5. The second kappa shape index (κ2) is 6.17. The highest BCUT2D eigenvalue weighted by Crippen LogP contribution is 2.36. The number of thioether (sulfide) groups is 1. The van der Waals surface area contributed by atoms with E-state index < -0.39 is 0 Å².